The van der Waals surface area contributed by atoms with E-state index in [0.29, 0.717) is 13.1 Å². The predicted octanol–water partition coefficient (Wildman–Crippen LogP) is 1.98. The lowest BCUT2D eigenvalue weighted by Gasteiger charge is -2.17. The molecule has 1 heterocycles. The second-order valence-corrected chi connectivity index (χ2v) is 6.41. The summed E-state index contributed by atoms with van der Waals surface area (Å²) < 4.78 is 5.21. The van der Waals surface area contributed by atoms with Gasteiger partial charge in [-0.25, -0.2) is 0 Å². The molecule has 1 N–H and O–H groups in total. The lowest BCUT2D eigenvalue weighted by atomic mass is 10.1. The summed E-state index contributed by atoms with van der Waals surface area (Å²) in [6.45, 7) is 3.33. The number of ether oxygens (including phenoxy) is 1. The minimum atomic E-state index is -0.497. The Balaban J connectivity index is 1.64. The molecule has 3 rings (SSSR count). The molecule has 0 aromatic heterocycles. The number of likely N-dealkylation sites (tertiary alicyclic amines) is 1. The number of carbonyl (C=O) groups is 2. The van der Waals surface area contributed by atoms with Gasteiger partial charge in [-0.1, -0.05) is 18.2 Å². The lowest BCUT2D eigenvalue weighted by Crippen LogP contribution is -2.45. The Bertz CT molecular complexity index is 662. The number of methoxy groups -OCH3 is 1. The minimum Gasteiger partial charge on any atom is -0.497 e. The van der Waals surface area contributed by atoms with Gasteiger partial charge in [0.1, 0.15) is 5.75 Å². The molecular formula is C18H22N2O3. The summed E-state index contributed by atoms with van der Waals surface area (Å²) in [7, 11) is 1.64. The zero-order valence-electron chi connectivity index (χ0n) is 13.6. The van der Waals surface area contributed by atoms with Gasteiger partial charge in [0, 0.05) is 13.1 Å². The normalized spacial score (nSPS) is 24.6. The third-order valence-electron chi connectivity index (χ3n) is 4.54. The maximum absolute atomic E-state index is 12.1. The fraction of sp³-hybridized carbons (Fsp3) is 0.444. The molecule has 1 atom stereocenters. The second kappa shape index (κ2) is 6.07. The van der Waals surface area contributed by atoms with Crippen LogP contribution in [0.2, 0.25) is 0 Å². The van der Waals surface area contributed by atoms with Crippen LogP contribution in [0.15, 0.2) is 29.8 Å². The van der Waals surface area contributed by atoms with Gasteiger partial charge in [-0.15, -0.1) is 0 Å². The van der Waals surface area contributed by atoms with E-state index >= 15 is 0 Å². The van der Waals surface area contributed by atoms with Crippen molar-refractivity contribution in [1.29, 1.82) is 0 Å². The Morgan fingerprint density at radius 3 is 2.74 bits per heavy atom. The maximum Gasteiger partial charge on any atom is 0.311 e. The van der Waals surface area contributed by atoms with Crippen molar-refractivity contribution in [3.05, 3.63) is 35.4 Å². The van der Waals surface area contributed by atoms with Gasteiger partial charge in [0.15, 0.2) is 0 Å². The van der Waals surface area contributed by atoms with Crippen LogP contribution in [-0.4, -0.2) is 42.5 Å². The first-order valence-corrected chi connectivity index (χ1v) is 7.98. The topological polar surface area (TPSA) is 58.6 Å². The number of benzene rings is 1. The molecular weight excluding hydrogens is 292 g/mol. The van der Waals surface area contributed by atoms with E-state index in [1.54, 1.807) is 12.0 Å². The van der Waals surface area contributed by atoms with Gasteiger partial charge in [0.05, 0.1) is 12.6 Å². The van der Waals surface area contributed by atoms with Crippen molar-refractivity contribution >= 4 is 17.9 Å². The van der Waals surface area contributed by atoms with Crippen LogP contribution < -0.4 is 10.1 Å². The van der Waals surface area contributed by atoms with E-state index in [-0.39, 0.29) is 0 Å². The fourth-order valence-electron chi connectivity index (χ4n) is 2.97. The van der Waals surface area contributed by atoms with Gasteiger partial charge in [0.25, 0.3) is 0 Å². The molecule has 2 fully saturated rings. The van der Waals surface area contributed by atoms with Crippen LogP contribution in [0.25, 0.3) is 6.08 Å². The van der Waals surface area contributed by atoms with E-state index in [4.69, 9.17) is 4.74 Å². The Morgan fingerprint density at radius 1 is 1.30 bits per heavy atom. The zero-order chi connectivity index (χ0) is 16.4. The molecule has 5 heteroatoms. The Kier molecular flexibility index (Phi) is 4.11. The van der Waals surface area contributed by atoms with Gasteiger partial charge < -0.3 is 15.0 Å². The summed E-state index contributed by atoms with van der Waals surface area (Å²) >= 11 is 0. The number of hydrogen-bond acceptors (Lipinski definition) is 3. The smallest absolute Gasteiger partial charge is 0.311 e. The molecule has 0 bridgehead atoms. The molecule has 2 amide bonds. The number of hydrogen-bond donors (Lipinski definition) is 1. The summed E-state index contributed by atoms with van der Waals surface area (Å²) in [5, 5.41) is 2.88. The van der Waals surface area contributed by atoms with E-state index in [1.807, 2.05) is 37.3 Å². The van der Waals surface area contributed by atoms with Crippen LogP contribution in [-0.2, 0) is 9.59 Å². The molecule has 2 aliphatic rings. The number of amides is 2. The highest BCUT2D eigenvalue weighted by Gasteiger charge is 2.46. The van der Waals surface area contributed by atoms with E-state index < -0.39 is 17.4 Å². The van der Waals surface area contributed by atoms with Crippen LogP contribution in [0.1, 0.15) is 31.7 Å². The molecule has 1 aliphatic heterocycles. The van der Waals surface area contributed by atoms with E-state index in [0.717, 1.165) is 36.1 Å². The molecule has 1 saturated carbocycles. The van der Waals surface area contributed by atoms with Crippen LogP contribution in [0.3, 0.4) is 0 Å². The average molecular weight is 314 g/mol. The van der Waals surface area contributed by atoms with Crippen LogP contribution in [0.4, 0.5) is 0 Å². The number of rotatable bonds is 3. The van der Waals surface area contributed by atoms with Crippen molar-refractivity contribution in [2.45, 2.75) is 31.7 Å². The van der Waals surface area contributed by atoms with Gasteiger partial charge in [-0.3, -0.25) is 9.59 Å². The largest absolute Gasteiger partial charge is 0.497 e. The summed E-state index contributed by atoms with van der Waals surface area (Å²) in [6.07, 6.45) is 4.78. The standard InChI is InChI=1S/C18H22N2O3/c1-18(19-16(21)17(22)20-8-3-4-9-20)12-14(18)10-13-6-5-7-15(11-13)23-2/h5-7,10-11H,3-4,8-9,12H2,1-2H3,(H,19,21)/b14-10+. The lowest BCUT2D eigenvalue weighted by molar-refractivity contribution is -0.145. The Morgan fingerprint density at radius 2 is 2.04 bits per heavy atom. The van der Waals surface area contributed by atoms with Crippen molar-refractivity contribution in [1.82, 2.24) is 10.2 Å². The number of carbonyl (C=O) groups excluding carboxylic acids is 2. The first-order valence-electron chi connectivity index (χ1n) is 7.98. The molecule has 1 aliphatic carbocycles. The molecule has 1 aromatic carbocycles. The highest BCUT2D eigenvalue weighted by Crippen LogP contribution is 2.43. The van der Waals surface area contributed by atoms with Crippen molar-refractivity contribution in [2.75, 3.05) is 20.2 Å². The molecule has 122 valence electrons. The number of nitrogens with zero attached hydrogens (tertiary/aromatic N) is 1. The van der Waals surface area contributed by atoms with E-state index in [9.17, 15) is 9.59 Å². The summed E-state index contributed by atoms with van der Waals surface area (Å²) in [5.74, 6) is -0.102. The summed E-state index contributed by atoms with van der Waals surface area (Å²) in [6, 6.07) is 7.76. The highest BCUT2D eigenvalue weighted by atomic mass is 16.5. The molecule has 0 radical (unpaired) electrons. The molecule has 5 nitrogen and oxygen atoms in total. The third-order valence-corrected chi connectivity index (χ3v) is 4.54. The first kappa shape index (κ1) is 15.6. The second-order valence-electron chi connectivity index (χ2n) is 6.41. The van der Waals surface area contributed by atoms with Gasteiger partial charge in [0.2, 0.25) is 0 Å². The van der Waals surface area contributed by atoms with Crippen molar-refractivity contribution in [3.63, 3.8) is 0 Å². The SMILES string of the molecule is COc1cccc(/C=C2\CC2(C)NC(=O)C(=O)N2CCCC2)c1. The fourth-order valence-corrected chi connectivity index (χ4v) is 2.97. The minimum absolute atomic E-state index is 0.406. The van der Waals surface area contributed by atoms with Gasteiger partial charge in [-0.2, -0.15) is 0 Å². The van der Waals surface area contributed by atoms with E-state index in [2.05, 4.69) is 5.32 Å². The zero-order valence-corrected chi connectivity index (χ0v) is 13.6. The molecule has 1 saturated heterocycles. The quantitative estimate of drug-likeness (QED) is 0.868. The van der Waals surface area contributed by atoms with Crippen molar-refractivity contribution in [2.24, 2.45) is 0 Å². The monoisotopic (exact) mass is 314 g/mol. The van der Waals surface area contributed by atoms with Crippen LogP contribution >= 0.6 is 0 Å². The highest BCUT2D eigenvalue weighted by molar-refractivity contribution is 6.35. The number of nitrogens with one attached hydrogen (secondary N) is 1. The van der Waals surface area contributed by atoms with Crippen molar-refractivity contribution < 1.29 is 14.3 Å². The van der Waals surface area contributed by atoms with Gasteiger partial charge in [-0.05, 0) is 49.5 Å². The third kappa shape index (κ3) is 3.38. The average Bonchev–Trinajstić information content (AvgIpc) is 2.95. The summed E-state index contributed by atoms with van der Waals surface area (Å²) in [4.78, 5) is 25.8. The molecule has 23 heavy (non-hydrogen) atoms. The summed E-state index contributed by atoms with van der Waals surface area (Å²) in [5.41, 5.74) is 1.74. The van der Waals surface area contributed by atoms with Gasteiger partial charge >= 0.3 is 11.8 Å². The molecule has 1 unspecified atom stereocenters. The Hall–Kier alpha value is -2.30. The molecule has 1 aromatic rings. The van der Waals surface area contributed by atoms with Crippen LogP contribution in [0.5, 0.6) is 5.75 Å². The first-order chi connectivity index (χ1) is 11.0. The maximum atomic E-state index is 12.1. The van der Waals surface area contributed by atoms with Crippen molar-refractivity contribution in [3.8, 4) is 5.75 Å². The Labute approximate surface area is 136 Å². The molecule has 0 spiro atoms. The van der Waals surface area contributed by atoms with E-state index in [1.165, 1.54) is 0 Å². The van der Waals surface area contributed by atoms with Crippen LogP contribution in [0, 0.1) is 0 Å². The predicted molar refractivity (Wildman–Crippen MR) is 87.9 cm³/mol.